The van der Waals surface area contributed by atoms with E-state index in [4.69, 9.17) is 4.74 Å². The Morgan fingerprint density at radius 2 is 1.89 bits per heavy atom. The number of halogens is 1. The summed E-state index contributed by atoms with van der Waals surface area (Å²) in [6.07, 6.45) is 7.34. The van der Waals surface area contributed by atoms with E-state index in [0.717, 1.165) is 18.6 Å². The van der Waals surface area contributed by atoms with Crippen molar-refractivity contribution in [1.29, 1.82) is 0 Å². The van der Waals surface area contributed by atoms with Gasteiger partial charge in [0.05, 0.1) is 15.5 Å². The second kappa shape index (κ2) is 5.61. The van der Waals surface area contributed by atoms with Crippen molar-refractivity contribution in [1.82, 2.24) is 0 Å². The highest BCUT2D eigenvalue weighted by Gasteiger charge is 2.17. The fourth-order valence-corrected chi connectivity index (χ4v) is 3.44. The van der Waals surface area contributed by atoms with Gasteiger partial charge in [0.1, 0.15) is 5.75 Å². The van der Waals surface area contributed by atoms with Gasteiger partial charge in [-0.1, -0.05) is 6.42 Å². The minimum Gasteiger partial charge on any atom is -0.489 e. The van der Waals surface area contributed by atoms with Gasteiger partial charge in [-0.3, -0.25) is 0 Å². The summed E-state index contributed by atoms with van der Waals surface area (Å²) in [6, 6.07) is 4.93. The Hall–Kier alpha value is -0.550. The summed E-state index contributed by atoms with van der Waals surface area (Å²) in [5.41, 5.74) is 0. The van der Waals surface area contributed by atoms with Crippen molar-refractivity contribution in [3.05, 3.63) is 22.7 Å². The van der Waals surface area contributed by atoms with Crippen LogP contribution >= 0.6 is 15.9 Å². The van der Waals surface area contributed by atoms with E-state index in [1.807, 2.05) is 0 Å². The third-order valence-electron chi connectivity index (χ3n) is 3.18. The first-order valence-electron chi connectivity index (χ1n) is 6.13. The van der Waals surface area contributed by atoms with Crippen LogP contribution in [-0.4, -0.2) is 20.8 Å². The van der Waals surface area contributed by atoms with Gasteiger partial charge in [-0.2, -0.15) is 0 Å². The second-order valence-electron chi connectivity index (χ2n) is 4.74. The van der Waals surface area contributed by atoms with Gasteiger partial charge in [0, 0.05) is 6.26 Å². The summed E-state index contributed by atoms with van der Waals surface area (Å²) < 4.78 is 29.5. The maximum absolute atomic E-state index is 11.4. The molecule has 1 aliphatic rings. The van der Waals surface area contributed by atoms with Gasteiger partial charge in [-0.25, -0.2) is 8.42 Å². The first-order chi connectivity index (χ1) is 8.47. The summed E-state index contributed by atoms with van der Waals surface area (Å²) in [4.78, 5) is 0.311. The summed E-state index contributed by atoms with van der Waals surface area (Å²) in [6.45, 7) is 0. The van der Waals surface area contributed by atoms with Crippen LogP contribution < -0.4 is 4.74 Å². The molecule has 100 valence electrons. The highest BCUT2D eigenvalue weighted by molar-refractivity contribution is 9.10. The molecule has 0 atom stereocenters. The molecule has 1 aromatic rings. The predicted octanol–water partition coefficient (Wildman–Crippen LogP) is 3.56. The van der Waals surface area contributed by atoms with Crippen LogP contribution in [0.25, 0.3) is 0 Å². The number of benzene rings is 1. The molecule has 0 amide bonds. The third-order valence-corrected chi connectivity index (χ3v) is 4.91. The molecule has 1 aromatic carbocycles. The van der Waals surface area contributed by atoms with Crippen LogP contribution in [-0.2, 0) is 9.84 Å². The summed E-state index contributed by atoms with van der Waals surface area (Å²) in [5, 5.41) is 0. The Morgan fingerprint density at radius 1 is 1.22 bits per heavy atom. The van der Waals surface area contributed by atoms with Crippen molar-refractivity contribution in [2.45, 2.75) is 43.1 Å². The van der Waals surface area contributed by atoms with Gasteiger partial charge in [-0.05, 0) is 59.8 Å². The molecule has 0 N–H and O–H groups in total. The molecule has 1 saturated carbocycles. The van der Waals surface area contributed by atoms with Crippen molar-refractivity contribution < 1.29 is 13.2 Å². The number of hydrogen-bond acceptors (Lipinski definition) is 3. The number of sulfone groups is 1. The minimum absolute atomic E-state index is 0.263. The van der Waals surface area contributed by atoms with Crippen molar-refractivity contribution in [2.24, 2.45) is 0 Å². The zero-order valence-electron chi connectivity index (χ0n) is 10.4. The lowest BCUT2D eigenvalue weighted by Crippen LogP contribution is -2.19. The van der Waals surface area contributed by atoms with Crippen molar-refractivity contribution >= 4 is 25.8 Å². The number of ether oxygens (including phenoxy) is 1. The highest BCUT2D eigenvalue weighted by atomic mass is 79.9. The lowest BCUT2D eigenvalue weighted by molar-refractivity contribution is 0.154. The summed E-state index contributed by atoms with van der Waals surface area (Å²) in [7, 11) is -3.16. The van der Waals surface area contributed by atoms with E-state index in [2.05, 4.69) is 15.9 Å². The highest BCUT2D eigenvalue weighted by Crippen LogP contribution is 2.31. The molecule has 0 unspecified atom stereocenters. The van der Waals surface area contributed by atoms with E-state index >= 15 is 0 Å². The molecule has 2 rings (SSSR count). The molecule has 1 fully saturated rings. The van der Waals surface area contributed by atoms with E-state index in [1.54, 1.807) is 18.2 Å². The lowest BCUT2D eigenvalue weighted by atomic mass is 9.98. The normalized spacial score (nSPS) is 17.7. The van der Waals surface area contributed by atoms with E-state index < -0.39 is 9.84 Å². The molecule has 18 heavy (non-hydrogen) atoms. The van der Waals surface area contributed by atoms with Crippen LogP contribution in [0.3, 0.4) is 0 Å². The van der Waals surface area contributed by atoms with Gasteiger partial charge in [-0.15, -0.1) is 0 Å². The average molecular weight is 333 g/mol. The first-order valence-corrected chi connectivity index (χ1v) is 8.81. The Morgan fingerprint density at radius 3 is 2.44 bits per heavy atom. The Balaban J connectivity index is 2.14. The maximum atomic E-state index is 11.4. The standard InChI is InChI=1S/C13H17BrO3S/c1-18(15,16)11-7-8-13(12(14)9-11)17-10-5-3-2-4-6-10/h7-10H,2-6H2,1H3. The maximum Gasteiger partial charge on any atom is 0.175 e. The Bertz CT molecular complexity index is 519. The first kappa shape index (κ1) is 13.9. The van der Waals surface area contributed by atoms with Crippen LogP contribution in [0.1, 0.15) is 32.1 Å². The second-order valence-corrected chi connectivity index (χ2v) is 7.61. The number of hydrogen-bond donors (Lipinski definition) is 0. The van der Waals surface area contributed by atoms with Crippen LogP contribution in [0.15, 0.2) is 27.6 Å². The van der Waals surface area contributed by atoms with Gasteiger partial charge < -0.3 is 4.74 Å². The van der Waals surface area contributed by atoms with Gasteiger partial charge >= 0.3 is 0 Å². The smallest absolute Gasteiger partial charge is 0.175 e. The monoisotopic (exact) mass is 332 g/mol. The largest absolute Gasteiger partial charge is 0.489 e. The minimum atomic E-state index is -3.16. The molecule has 0 saturated heterocycles. The van der Waals surface area contributed by atoms with Crippen molar-refractivity contribution in [2.75, 3.05) is 6.26 Å². The fraction of sp³-hybridized carbons (Fsp3) is 0.538. The zero-order valence-corrected chi connectivity index (χ0v) is 12.8. The van der Waals surface area contributed by atoms with Crippen LogP contribution in [0, 0.1) is 0 Å². The summed E-state index contributed by atoms with van der Waals surface area (Å²) >= 11 is 3.38. The molecular weight excluding hydrogens is 316 g/mol. The Labute approximate surface area is 117 Å². The van der Waals surface area contributed by atoms with Crippen LogP contribution in [0.5, 0.6) is 5.75 Å². The molecule has 0 aliphatic heterocycles. The van der Waals surface area contributed by atoms with E-state index in [1.165, 1.54) is 25.5 Å². The molecular formula is C13H17BrO3S. The van der Waals surface area contributed by atoms with E-state index in [-0.39, 0.29) is 6.10 Å². The molecule has 0 radical (unpaired) electrons. The predicted molar refractivity (Wildman–Crippen MR) is 74.8 cm³/mol. The quantitative estimate of drug-likeness (QED) is 0.849. The number of rotatable bonds is 3. The van der Waals surface area contributed by atoms with E-state index in [9.17, 15) is 8.42 Å². The summed E-state index contributed by atoms with van der Waals surface area (Å²) in [5.74, 6) is 0.731. The molecule has 3 nitrogen and oxygen atoms in total. The fourth-order valence-electron chi connectivity index (χ4n) is 2.17. The van der Waals surface area contributed by atoms with Crippen LogP contribution in [0.2, 0.25) is 0 Å². The molecule has 0 aromatic heterocycles. The molecule has 1 aliphatic carbocycles. The van der Waals surface area contributed by atoms with Crippen LogP contribution in [0.4, 0.5) is 0 Å². The zero-order chi connectivity index (χ0) is 13.2. The molecule has 0 bridgehead atoms. The Kier molecular flexibility index (Phi) is 4.33. The average Bonchev–Trinajstić information content (AvgIpc) is 2.32. The van der Waals surface area contributed by atoms with Gasteiger partial charge in [0.2, 0.25) is 0 Å². The lowest BCUT2D eigenvalue weighted by Gasteiger charge is -2.23. The van der Waals surface area contributed by atoms with Crippen molar-refractivity contribution in [3.8, 4) is 5.75 Å². The van der Waals surface area contributed by atoms with Gasteiger partial charge in [0.15, 0.2) is 9.84 Å². The molecule has 0 spiro atoms. The molecule has 5 heteroatoms. The van der Waals surface area contributed by atoms with Gasteiger partial charge in [0.25, 0.3) is 0 Å². The van der Waals surface area contributed by atoms with Crippen molar-refractivity contribution in [3.63, 3.8) is 0 Å². The topological polar surface area (TPSA) is 43.4 Å². The molecule has 0 heterocycles. The van der Waals surface area contributed by atoms with E-state index in [0.29, 0.717) is 9.37 Å². The third kappa shape index (κ3) is 3.48. The SMILES string of the molecule is CS(=O)(=O)c1ccc(OC2CCCCC2)c(Br)c1.